The van der Waals surface area contributed by atoms with Gasteiger partial charge in [-0.05, 0) is 18.8 Å². The molecule has 1 aliphatic carbocycles. The van der Waals surface area contributed by atoms with Crippen LogP contribution in [0.4, 0.5) is 0 Å². The summed E-state index contributed by atoms with van der Waals surface area (Å²) in [7, 11) is 1.55. The van der Waals surface area contributed by atoms with E-state index in [0.29, 0.717) is 18.8 Å². The van der Waals surface area contributed by atoms with Crippen molar-refractivity contribution in [1.82, 2.24) is 10.6 Å². The molecule has 0 aromatic heterocycles. The summed E-state index contributed by atoms with van der Waals surface area (Å²) >= 11 is 0. The van der Waals surface area contributed by atoms with Crippen molar-refractivity contribution >= 4 is 11.8 Å². The summed E-state index contributed by atoms with van der Waals surface area (Å²) in [6, 6.07) is 2.08. The molecule has 0 spiro atoms. The zero-order chi connectivity index (χ0) is 12.2. The number of nitriles is 1. The summed E-state index contributed by atoms with van der Waals surface area (Å²) in [5.74, 6) is 0.0784. The first-order valence-corrected chi connectivity index (χ1v) is 5.44. The third kappa shape index (κ3) is 2.51. The Balaban J connectivity index is 2.35. The van der Waals surface area contributed by atoms with Gasteiger partial charge in [-0.3, -0.25) is 9.59 Å². The van der Waals surface area contributed by atoms with Crippen LogP contribution in [0.2, 0.25) is 0 Å². The molecule has 0 aromatic carbocycles. The highest BCUT2D eigenvalue weighted by Gasteiger charge is 2.48. The van der Waals surface area contributed by atoms with Crippen LogP contribution in [0.1, 0.15) is 26.2 Å². The smallest absolute Gasteiger partial charge is 0.240 e. The predicted octanol–water partition coefficient (Wildman–Crippen LogP) is 0.179. The second-order valence-electron chi connectivity index (χ2n) is 4.39. The number of carbonyl (C=O) groups excluding carboxylic acids is 2. The average Bonchev–Trinajstić information content (AvgIpc) is 2.23. The maximum absolute atomic E-state index is 11.7. The van der Waals surface area contributed by atoms with E-state index in [9.17, 15) is 9.59 Å². The largest absolute Gasteiger partial charge is 0.359 e. The van der Waals surface area contributed by atoms with Crippen LogP contribution >= 0.6 is 0 Å². The molecule has 0 aliphatic heterocycles. The van der Waals surface area contributed by atoms with Gasteiger partial charge in [0.1, 0.15) is 5.41 Å². The molecule has 0 radical (unpaired) electrons. The Labute approximate surface area is 95.2 Å². The lowest BCUT2D eigenvalue weighted by Gasteiger charge is -2.39. The van der Waals surface area contributed by atoms with Crippen LogP contribution in [0, 0.1) is 22.7 Å². The molecule has 0 heterocycles. The summed E-state index contributed by atoms with van der Waals surface area (Å²) in [4.78, 5) is 22.6. The molecule has 88 valence electrons. The van der Waals surface area contributed by atoms with Gasteiger partial charge in [0.25, 0.3) is 0 Å². The molecule has 0 aromatic rings. The van der Waals surface area contributed by atoms with E-state index in [1.165, 1.54) is 0 Å². The van der Waals surface area contributed by atoms with E-state index < -0.39 is 5.41 Å². The maximum Gasteiger partial charge on any atom is 0.240 e. The third-order valence-corrected chi connectivity index (χ3v) is 2.96. The summed E-state index contributed by atoms with van der Waals surface area (Å²) in [5.41, 5.74) is -0.845. The van der Waals surface area contributed by atoms with Crippen molar-refractivity contribution in [3.8, 4) is 6.07 Å². The molecule has 0 saturated heterocycles. The van der Waals surface area contributed by atoms with Crippen LogP contribution in [0.25, 0.3) is 0 Å². The minimum absolute atomic E-state index is 0.117. The number of rotatable bonds is 4. The Morgan fingerprint density at radius 1 is 1.50 bits per heavy atom. The molecule has 1 saturated carbocycles. The molecule has 1 aliphatic rings. The first-order chi connectivity index (χ1) is 7.54. The quantitative estimate of drug-likeness (QED) is 0.713. The number of nitrogens with zero attached hydrogens (tertiary/aromatic N) is 1. The number of carbonyl (C=O) groups is 2. The molecule has 0 atom stereocenters. The lowest BCUT2D eigenvalue weighted by molar-refractivity contribution is -0.134. The number of hydrogen-bond donors (Lipinski definition) is 2. The van der Waals surface area contributed by atoms with E-state index in [-0.39, 0.29) is 24.8 Å². The fourth-order valence-electron chi connectivity index (χ4n) is 2.04. The molecule has 1 fully saturated rings. The standard InChI is InChI=1S/C11H17N3O2/c1-8-5-11(6-8,7-12)10(16)14-4-3-9(15)13-2/h8H,3-6H2,1-2H3,(H,13,15)(H,14,16). The second kappa shape index (κ2) is 4.97. The molecule has 0 bridgehead atoms. The Bertz CT molecular complexity index is 327. The van der Waals surface area contributed by atoms with Gasteiger partial charge < -0.3 is 10.6 Å². The highest BCUT2D eigenvalue weighted by atomic mass is 16.2. The molecule has 0 unspecified atom stereocenters. The van der Waals surface area contributed by atoms with Crippen LogP contribution in [-0.4, -0.2) is 25.4 Å². The Kier molecular flexibility index (Phi) is 3.88. The van der Waals surface area contributed by atoms with Gasteiger partial charge in [-0.25, -0.2) is 0 Å². The summed E-state index contributed by atoms with van der Waals surface area (Å²) in [5, 5.41) is 14.1. The van der Waals surface area contributed by atoms with Crippen LogP contribution in [0.3, 0.4) is 0 Å². The van der Waals surface area contributed by atoms with Crippen molar-refractivity contribution in [1.29, 1.82) is 5.26 Å². The SMILES string of the molecule is CNC(=O)CCNC(=O)C1(C#N)CC(C)C1. The van der Waals surface area contributed by atoms with Gasteiger partial charge in [-0.15, -0.1) is 0 Å². The van der Waals surface area contributed by atoms with E-state index >= 15 is 0 Å². The first-order valence-electron chi connectivity index (χ1n) is 5.44. The topological polar surface area (TPSA) is 82.0 Å². The molecular formula is C11H17N3O2. The van der Waals surface area contributed by atoms with Crippen molar-refractivity contribution in [2.45, 2.75) is 26.2 Å². The predicted molar refractivity (Wildman–Crippen MR) is 58.1 cm³/mol. The van der Waals surface area contributed by atoms with Crippen molar-refractivity contribution in [2.75, 3.05) is 13.6 Å². The number of nitrogens with one attached hydrogen (secondary N) is 2. The van der Waals surface area contributed by atoms with Gasteiger partial charge in [0.2, 0.25) is 11.8 Å². The maximum atomic E-state index is 11.7. The Morgan fingerprint density at radius 2 is 2.12 bits per heavy atom. The monoisotopic (exact) mass is 223 g/mol. The van der Waals surface area contributed by atoms with Crippen molar-refractivity contribution in [2.24, 2.45) is 11.3 Å². The zero-order valence-corrected chi connectivity index (χ0v) is 9.67. The van der Waals surface area contributed by atoms with Gasteiger partial charge >= 0.3 is 0 Å². The zero-order valence-electron chi connectivity index (χ0n) is 9.67. The Morgan fingerprint density at radius 3 is 2.56 bits per heavy atom. The fourth-order valence-corrected chi connectivity index (χ4v) is 2.04. The van der Waals surface area contributed by atoms with Crippen molar-refractivity contribution in [3.63, 3.8) is 0 Å². The molecule has 16 heavy (non-hydrogen) atoms. The van der Waals surface area contributed by atoms with Crippen LogP contribution in [-0.2, 0) is 9.59 Å². The summed E-state index contributed by atoms with van der Waals surface area (Å²) < 4.78 is 0. The first kappa shape index (κ1) is 12.5. The highest BCUT2D eigenvalue weighted by Crippen LogP contribution is 2.44. The van der Waals surface area contributed by atoms with E-state index in [2.05, 4.69) is 16.7 Å². The van der Waals surface area contributed by atoms with E-state index in [4.69, 9.17) is 5.26 Å². The third-order valence-electron chi connectivity index (χ3n) is 2.96. The van der Waals surface area contributed by atoms with Crippen LogP contribution in [0.5, 0.6) is 0 Å². The van der Waals surface area contributed by atoms with Crippen LogP contribution < -0.4 is 10.6 Å². The van der Waals surface area contributed by atoms with Gasteiger partial charge in [0.05, 0.1) is 6.07 Å². The Hall–Kier alpha value is -1.57. The van der Waals surface area contributed by atoms with Crippen molar-refractivity contribution < 1.29 is 9.59 Å². The minimum atomic E-state index is -0.845. The average molecular weight is 223 g/mol. The minimum Gasteiger partial charge on any atom is -0.359 e. The van der Waals surface area contributed by atoms with E-state index in [1.54, 1.807) is 7.05 Å². The normalized spacial score (nSPS) is 27.4. The van der Waals surface area contributed by atoms with E-state index in [1.807, 2.05) is 6.92 Å². The number of amides is 2. The van der Waals surface area contributed by atoms with Gasteiger partial charge in [-0.1, -0.05) is 6.92 Å². The van der Waals surface area contributed by atoms with Gasteiger partial charge in [0, 0.05) is 20.0 Å². The van der Waals surface area contributed by atoms with Gasteiger partial charge in [0.15, 0.2) is 0 Å². The van der Waals surface area contributed by atoms with Crippen LogP contribution in [0.15, 0.2) is 0 Å². The molecule has 2 amide bonds. The summed E-state index contributed by atoms with van der Waals surface area (Å²) in [6.07, 6.45) is 1.49. The van der Waals surface area contributed by atoms with Gasteiger partial charge in [-0.2, -0.15) is 5.26 Å². The van der Waals surface area contributed by atoms with E-state index in [0.717, 1.165) is 0 Å². The highest BCUT2D eigenvalue weighted by molar-refractivity contribution is 5.87. The molecular weight excluding hydrogens is 206 g/mol. The molecule has 5 heteroatoms. The lowest BCUT2D eigenvalue weighted by Crippen LogP contribution is -2.48. The molecule has 5 nitrogen and oxygen atoms in total. The fraction of sp³-hybridized carbons (Fsp3) is 0.727. The van der Waals surface area contributed by atoms with Crippen molar-refractivity contribution in [3.05, 3.63) is 0 Å². The lowest BCUT2D eigenvalue weighted by atomic mass is 9.63. The molecule has 1 rings (SSSR count). The molecule has 2 N–H and O–H groups in total. The summed E-state index contributed by atoms with van der Waals surface area (Å²) in [6.45, 7) is 2.31. The second-order valence-corrected chi connectivity index (χ2v) is 4.39. The number of hydrogen-bond acceptors (Lipinski definition) is 3.